The summed E-state index contributed by atoms with van der Waals surface area (Å²) in [5.41, 5.74) is 3.51. The molecular weight excluding hydrogens is 406 g/mol. The van der Waals surface area contributed by atoms with E-state index >= 15 is 0 Å². The number of hydrogen-bond acceptors (Lipinski definition) is 5. The maximum Gasteiger partial charge on any atom is 0.262 e. The third-order valence-electron chi connectivity index (χ3n) is 5.56. The van der Waals surface area contributed by atoms with Crippen molar-refractivity contribution in [1.82, 2.24) is 9.88 Å². The summed E-state index contributed by atoms with van der Waals surface area (Å²) in [6.45, 7) is 8.43. The minimum absolute atomic E-state index is 0.0326. The molecule has 3 rings (SSSR count). The fourth-order valence-corrected chi connectivity index (χ4v) is 4.02. The molecule has 3 aromatic rings. The van der Waals surface area contributed by atoms with E-state index in [1.165, 1.54) is 0 Å². The van der Waals surface area contributed by atoms with Crippen LogP contribution in [0.15, 0.2) is 40.3 Å². The molecule has 0 radical (unpaired) electrons. The molecular formula is C25H29N3O4. The molecule has 168 valence electrons. The molecule has 2 aromatic heterocycles. The van der Waals surface area contributed by atoms with Crippen LogP contribution in [0.4, 0.5) is 0 Å². The molecule has 1 N–H and O–H groups in total. The molecule has 0 spiro atoms. The Kier molecular flexibility index (Phi) is 7.06. The fourth-order valence-electron chi connectivity index (χ4n) is 4.02. The highest BCUT2D eigenvalue weighted by atomic mass is 16.5. The van der Waals surface area contributed by atoms with Gasteiger partial charge >= 0.3 is 0 Å². The van der Waals surface area contributed by atoms with Crippen molar-refractivity contribution in [2.75, 3.05) is 20.8 Å². The lowest BCUT2D eigenvalue weighted by Crippen LogP contribution is -2.27. The number of ether oxygens (including phenoxy) is 2. The largest absolute Gasteiger partial charge is 0.493 e. The molecule has 7 heteroatoms. The number of nitriles is 1. The summed E-state index contributed by atoms with van der Waals surface area (Å²) in [5, 5.41) is 13.4. The molecule has 0 saturated heterocycles. The molecule has 0 fully saturated rings. The zero-order valence-electron chi connectivity index (χ0n) is 19.4. The molecule has 2 atom stereocenters. The van der Waals surface area contributed by atoms with E-state index in [9.17, 15) is 10.1 Å². The number of carbonyl (C=O) groups excluding carboxylic acids is 1. The highest BCUT2D eigenvalue weighted by molar-refractivity contribution is 6.02. The average Bonchev–Trinajstić information content (AvgIpc) is 3.32. The molecule has 0 aliphatic rings. The van der Waals surface area contributed by atoms with Gasteiger partial charge in [0.05, 0.1) is 25.8 Å². The quantitative estimate of drug-likeness (QED) is 0.403. The second-order valence-corrected chi connectivity index (χ2v) is 7.89. The number of aromatic nitrogens is 1. The summed E-state index contributed by atoms with van der Waals surface area (Å²) in [6.07, 6.45) is 1.63. The number of rotatable bonds is 8. The Morgan fingerprint density at radius 1 is 1.28 bits per heavy atom. The van der Waals surface area contributed by atoms with Gasteiger partial charge in [0, 0.05) is 23.9 Å². The van der Waals surface area contributed by atoms with E-state index in [0.717, 1.165) is 22.3 Å². The first-order chi connectivity index (χ1) is 15.3. The summed E-state index contributed by atoms with van der Waals surface area (Å²) in [7, 11) is 3.25. The van der Waals surface area contributed by atoms with Crippen molar-refractivity contribution in [1.29, 1.82) is 5.26 Å². The van der Waals surface area contributed by atoms with Crippen LogP contribution in [-0.4, -0.2) is 31.3 Å². The Morgan fingerprint density at radius 3 is 2.69 bits per heavy atom. The summed E-state index contributed by atoms with van der Waals surface area (Å²) in [4.78, 5) is 12.8. The van der Waals surface area contributed by atoms with Gasteiger partial charge in [-0.3, -0.25) is 4.79 Å². The normalized spacial score (nSPS) is 13.6. The summed E-state index contributed by atoms with van der Waals surface area (Å²) in [5.74, 6) is 0.756. The van der Waals surface area contributed by atoms with Crippen molar-refractivity contribution in [2.24, 2.45) is 0 Å². The standard InChI is InChI=1S/C25H29N3O4/c1-15-10-20(18(4)28(15)16(2)14-30-5)11-21(13-26)25(29)27-17(3)23-12-19-8-7-9-22(31-6)24(19)32-23/h7-12,16-17H,14H2,1-6H3,(H,27,29)/b21-11-. The lowest BCUT2D eigenvalue weighted by molar-refractivity contribution is -0.117. The number of fused-ring (bicyclic) bond motifs is 1. The van der Waals surface area contributed by atoms with Gasteiger partial charge in [0.2, 0.25) is 0 Å². The van der Waals surface area contributed by atoms with Crippen LogP contribution < -0.4 is 10.1 Å². The number of nitrogens with zero attached hydrogens (tertiary/aromatic N) is 2. The third-order valence-corrected chi connectivity index (χ3v) is 5.56. The topological polar surface area (TPSA) is 89.4 Å². The summed E-state index contributed by atoms with van der Waals surface area (Å²) < 4.78 is 18.7. The Labute approximate surface area is 188 Å². The second kappa shape index (κ2) is 9.75. The minimum Gasteiger partial charge on any atom is -0.493 e. The van der Waals surface area contributed by atoms with Crippen LogP contribution in [0, 0.1) is 25.2 Å². The number of amides is 1. The van der Waals surface area contributed by atoms with Gasteiger partial charge in [-0.2, -0.15) is 5.26 Å². The van der Waals surface area contributed by atoms with Gasteiger partial charge < -0.3 is 23.8 Å². The Balaban J connectivity index is 1.83. The highest BCUT2D eigenvalue weighted by Crippen LogP contribution is 2.31. The molecule has 0 bridgehead atoms. The number of para-hydroxylation sites is 1. The van der Waals surface area contributed by atoms with Gasteiger partial charge in [-0.25, -0.2) is 0 Å². The van der Waals surface area contributed by atoms with Crippen molar-refractivity contribution in [3.63, 3.8) is 0 Å². The van der Waals surface area contributed by atoms with E-state index < -0.39 is 11.9 Å². The van der Waals surface area contributed by atoms with Crippen molar-refractivity contribution >= 4 is 23.0 Å². The van der Waals surface area contributed by atoms with E-state index in [4.69, 9.17) is 13.9 Å². The van der Waals surface area contributed by atoms with Crippen LogP contribution >= 0.6 is 0 Å². The van der Waals surface area contributed by atoms with Crippen LogP contribution in [0.2, 0.25) is 0 Å². The smallest absolute Gasteiger partial charge is 0.262 e. The predicted molar refractivity (Wildman–Crippen MR) is 123 cm³/mol. The van der Waals surface area contributed by atoms with Crippen LogP contribution in [0.1, 0.15) is 48.6 Å². The monoisotopic (exact) mass is 435 g/mol. The number of methoxy groups -OCH3 is 2. The SMILES string of the molecule is COCC(C)n1c(C)cc(/C=C(/C#N)C(=O)NC(C)c2cc3cccc(OC)c3o2)c1C. The Morgan fingerprint density at radius 2 is 2.03 bits per heavy atom. The van der Waals surface area contributed by atoms with Crippen molar-refractivity contribution in [2.45, 2.75) is 39.8 Å². The average molecular weight is 436 g/mol. The number of nitrogens with one attached hydrogen (secondary N) is 1. The second-order valence-electron chi connectivity index (χ2n) is 7.89. The van der Waals surface area contributed by atoms with Gasteiger partial charge in [-0.15, -0.1) is 0 Å². The fraction of sp³-hybridized carbons (Fsp3) is 0.360. The van der Waals surface area contributed by atoms with Crippen LogP contribution in [0.25, 0.3) is 17.0 Å². The zero-order chi connectivity index (χ0) is 23.4. The molecule has 2 unspecified atom stereocenters. The molecule has 1 amide bonds. The van der Waals surface area contributed by atoms with Crippen LogP contribution in [-0.2, 0) is 9.53 Å². The molecule has 7 nitrogen and oxygen atoms in total. The molecule has 1 aromatic carbocycles. The summed E-state index contributed by atoms with van der Waals surface area (Å²) in [6, 6.07) is 11.2. The van der Waals surface area contributed by atoms with E-state index in [0.29, 0.717) is 23.7 Å². The van der Waals surface area contributed by atoms with Gasteiger partial charge in [0.15, 0.2) is 11.3 Å². The van der Waals surface area contributed by atoms with Crippen molar-refractivity contribution in [3.8, 4) is 11.8 Å². The maximum absolute atomic E-state index is 12.8. The molecule has 32 heavy (non-hydrogen) atoms. The van der Waals surface area contributed by atoms with Gasteiger partial charge in [0.25, 0.3) is 5.91 Å². The maximum atomic E-state index is 12.8. The lowest BCUT2D eigenvalue weighted by Gasteiger charge is -2.17. The van der Waals surface area contributed by atoms with Crippen molar-refractivity contribution < 1.29 is 18.7 Å². The predicted octanol–water partition coefficient (Wildman–Crippen LogP) is 4.85. The van der Waals surface area contributed by atoms with E-state index in [2.05, 4.69) is 16.8 Å². The minimum atomic E-state index is -0.456. The first kappa shape index (κ1) is 23.2. The molecule has 0 saturated carbocycles. The number of aryl methyl sites for hydroxylation is 1. The van der Waals surface area contributed by atoms with Gasteiger partial charge in [-0.05, 0) is 57.5 Å². The first-order valence-electron chi connectivity index (χ1n) is 10.5. The van der Waals surface area contributed by atoms with Crippen LogP contribution in [0.5, 0.6) is 5.75 Å². The Bertz CT molecular complexity index is 1200. The summed E-state index contributed by atoms with van der Waals surface area (Å²) >= 11 is 0. The van der Waals surface area contributed by atoms with E-state index in [-0.39, 0.29) is 11.6 Å². The van der Waals surface area contributed by atoms with Gasteiger partial charge in [-0.1, -0.05) is 12.1 Å². The highest BCUT2D eigenvalue weighted by Gasteiger charge is 2.20. The Hall–Kier alpha value is -3.50. The molecule has 0 aliphatic carbocycles. The van der Waals surface area contributed by atoms with E-state index in [1.54, 1.807) is 20.3 Å². The van der Waals surface area contributed by atoms with Gasteiger partial charge in [0.1, 0.15) is 17.4 Å². The lowest BCUT2D eigenvalue weighted by atomic mass is 10.1. The number of benzene rings is 1. The number of carbonyl (C=O) groups is 1. The third kappa shape index (κ3) is 4.56. The van der Waals surface area contributed by atoms with Crippen LogP contribution in [0.3, 0.4) is 0 Å². The molecule has 0 aliphatic heterocycles. The van der Waals surface area contributed by atoms with Crippen molar-refractivity contribution in [3.05, 3.63) is 58.6 Å². The van der Waals surface area contributed by atoms with E-state index in [1.807, 2.05) is 57.2 Å². The molecule has 2 heterocycles. The number of furan rings is 1. The first-order valence-corrected chi connectivity index (χ1v) is 10.5. The number of hydrogen-bond donors (Lipinski definition) is 1. The zero-order valence-corrected chi connectivity index (χ0v) is 19.4.